The number of ketones is 4. The van der Waals surface area contributed by atoms with Crippen LogP contribution >= 0.6 is 0 Å². The van der Waals surface area contributed by atoms with Crippen LogP contribution in [-0.4, -0.2) is 49.3 Å². The minimum atomic E-state index is -0.789. The molecule has 9 nitrogen and oxygen atoms in total. The third-order valence-electron chi connectivity index (χ3n) is 25.1. The van der Waals surface area contributed by atoms with Crippen LogP contribution in [0.5, 0.6) is 0 Å². The molecule has 0 aromatic carbocycles. The summed E-state index contributed by atoms with van der Waals surface area (Å²) in [7, 11) is 2.98. The van der Waals surface area contributed by atoms with Crippen molar-refractivity contribution in [2.75, 3.05) is 14.2 Å². The Balaban J connectivity index is 1.01. The summed E-state index contributed by atoms with van der Waals surface area (Å²) < 4.78 is 11.1. The van der Waals surface area contributed by atoms with Crippen LogP contribution in [0.25, 0.3) is 0 Å². The van der Waals surface area contributed by atoms with E-state index in [1.165, 1.54) is 14.2 Å². The maximum atomic E-state index is 15.1. The molecular weight excluding hydrogens is 911 g/mol. The quantitative estimate of drug-likeness (QED) is 0.167. The van der Waals surface area contributed by atoms with Gasteiger partial charge in [0.05, 0.1) is 36.3 Å². The molecule has 6 saturated carbocycles. The molecule has 0 bridgehead atoms. The topological polar surface area (TPSA) is 133 Å². The molecule has 6 fully saturated rings. The van der Waals surface area contributed by atoms with Crippen molar-refractivity contribution >= 4 is 35.1 Å². The predicted octanol–water partition coefficient (Wildman–Crippen LogP) is 12.2. The van der Waals surface area contributed by atoms with Gasteiger partial charge in [0.15, 0.2) is 23.1 Å². The lowest BCUT2D eigenvalue weighted by atomic mass is 9.34. The van der Waals surface area contributed by atoms with Crippen LogP contribution in [0.15, 0.2) is 46.7 Å². The fraction of sp³-hybridized carbons (Fsp3) is 0.750. The second kappa shape index (κ2) is 15.8. The zero-order chi connectivity index (χ0) is 53.5. The molecule has 0 saturated heterocycles. The summed E-state index contributed by atoms with van der Waals surface area (Å²) in [4.78, 5) is 87.5. The zero-order valence-corrected chi connectivity index (χ0v) is 47.4. The van der Waals surface area contributed by atoms with Crippen molar-refractivity contribution < 1.29 is 38.2 Å². The van der Waals surface area contributed by atoms with E-state index < -0.39 is 43.3 Å². The first kappa shape index (κ1) is 52.4. The number of ether oxygens (including phenoxy) is 2. The van der Waals surface area contributed by atoms with Crippen LogP contribution in [0.1, 0.15) is 187 Å². The molecule has 0 spiro atoms. The zero-order valence-electron chi connectivity index (χ0n) is 47.4. The maximum Gasteiger partial charge on any atom is 0.312 e. The van der Waals surface area contributed by atoms with Crippen molar-refractivity contribution in [1.29, 1.82) is 0 Å². The maximum absolute atomic E-state index is 15.1. The van der Waals surface area contributed by atoms with E-state index in [4.69, 9.17) is 9.47 Å². The summed E-state index contributed by atoms with van der Waals surface area (Å²) in [6.07, 6.45) is 19.1. The normalized spacial score (nSPS) is 46.4. The van der Waals surface area contributed by atoms with E-state index in [1.54, 1.807) is 0 Å². The number of fused-ring (bicyclic) bond motifs is 14. The van der Waals surface area contributed by atoms with Gasteiger partial charge in [-0.1, -0.05) is 114 Å². The summed E-state index contributed by atoms with van der Waals surface area (Å²) in [5.74, 6) is 2.03. The number of hydrogen-bond acceptors (Lipinski definition) is 9. The minimum Gasteiger partial charge on any atom is -0.469 e. The molecular formula is C64H87NO8. The number of esters is 2. The summed E-state index contributed by atoms with van der Waals surface area (Å²) in [5, 5.41) is 3.27. The third kappa shape index (κ3) is 6.58. The van der Waals surface area contributed by atoms with Crippen LogP contribution < -0.4 is 5.32 Å². The number of carbonyl (C=O) groups excluding carboxylic acids is 6. The lowest BCUT2D eigenvalue weighted by molar-refractivity contribution is -0.192. The summed E-state index contributed by atoms with van der Waals surface area (Å²) >= 11 is 0. The molecule has 1 N–H and O–H groups in total. The van der Waals surface area contributed by atoms with E-state index in [2.05, 4.69) is 98.7 Å². The fourth-order valence-electron chi connectivity index (χ4n) is 20.6. The van der Waals surface area contributed by atoms with Gasteiger partial charge in [-0.2, -0.15) is 0 Å². The highest BCUT2D eigenvalue weighted by molar-refractivity contribution is 6.06. The molecule has 0 aliphatic heterocycles. The molecule has 0 aromatic heterocycles. The van der Waals surface area contributed by atoms with E-state index in [-0.39, 0.29) is 92.2 Å². The summed E-state index contributed by atoms with van der Waals surface area (Å²) in [6, 6.07) is 3.15. The number of methoxy groups -OCH3 is 2. The van der Waals surface area contributed by atoms with Crippen LogP contribution in [0, 0.1) is 112 Å². The SMILES string of the molecule is COC(=O)[C@@]12CCC(C)(C)C[C@@H]1[C@@H]1C(=O)C=C3[C@]4(C)C=C(C#CNC5=C[C@]6(C)C7=CC(=O)[C@@H]8[C@@H]9CC(C)(C)CC[C@]9(C(=O)OC)CC[C@@]8(C)[C@]7(C)CC[C@H]6C(C)(C)C5=O)C(=O)C(C)(C)[C@H]4CC[C@]3(C)[C@@]1(C)CC2. The van der Waals surface area contributed by atoms with Gasteiger partial charge in [-0.15, -0.1) is 0 Å². The standard InChI is InChI=1S/C64H87NO8/c1-53(2)22-26-63(51(70)72-15)28-24-61(13)47(38(63)34-53)41(66)31-45-57(9)33-37(49(68)55(5,6)43(57)17-20-59(45,61)11)19-30-65-40-36-58(10)44(56(7,8)50(40)69)18-21-60(12)46(58)32-42(67)48-39-35-54(3,4)23-27-64(39,52(71)73-16)29-25-62(48,60)14/h31-33,36,38-39,43-44,47-48,65H,17-18,20-29,34-35H2,1-16H3/t38-,39+,43-,44+,47-,48+,57-,58+,59+,60-,61+,62-,63-,64+/m1/s1. The average molecular weight is 998 g/mol. The average Bonchev–Trinajstić information content (AvgIpc) is 3.30. The van der Waals surface area contributed by atoms with Gasteiger partial charge in [0.25, 0.3) is 0 Å². The van der Waals surface area contributed by atoms with Gasteiger partial charge in [-0.3, -0.25) is 28.8 Å². The van der Waals surface area contributed by atoms with Crippen molar-refractivity contribution in [2.45, 2.75) is 187 Å². The third-order valence-corrected chi connectivity index (χ3v) is 25.1. The Morgan fingerprint density at radius 1 is 0.534 bits per heavy atom. The molecule has 0 radical (unpaired) electrons. The number of hydrogen-bond donors (Lipinski definition) is 1. The highest BCUT2D eigenvalue weighted by atomic mass is 16.5. The Hall–Kier alpha value is -4.06. The van der Waals surface area contributed by atoms with Gasteiger partial charge in [0.2, 0.25) is 0 Å². The summed E-state index contributed by atoms with van der Waals surface area (Å²) in [6.45, 7) is 31.0. The first-order valence-corrected chi connectivity index (χ1v) is 28.2. The number of carbonyl (C=O) groups is 6. The highest BCUT2D eigenvalue weighted by Crippen LogP contribution is 2.77. The van der Waals surface area contributed by atoms with E-state index in [1.807, 2.05) is 39.8 Å². The van der Waals surface area contributed by atoms with E-state index >= 15 is 9.59 Å². The van der Waals surface area contributed by atoms with Crippen molar-refractivity contribution in [3.8, 4) is 12.0 Å². The molecule has 10 aliphatic rings. The highest BCUT2D eigenvalue weighted by Gasteiger charge is 2.73. The first-order chi connectivity index (χ1) is 33.7. The van der Waals surface area contributed by atoms with Crippen LogP contribution in [0.4, 0.5) is 0 Å². The Morgan fingerprint density at radius 3 is 1.36 bits per heavy atom. The van der Waals surface area contributed by atoms with E-state index in [9.17, 15) is 19.2 Å². The fourth-order valence-corrected chi connectivity index (χ4v) is 20.6. The Bertz CT molecular complexity index is 2730. The Labute approximate surface area is 437 Å². The number of nitrogens with one attached hydrogen (secondary N) is 1. The molecule has 0 amide bonds. The predicted molar refractivity (Wildman–Crippen MR) is 282 cm³/mol. The van der Waals surface area contributed by atoms with Crippen molar-refractivity contribution in [3.05, 3.63) is 46.7 Å². The van der Waals surface area contributed by atoms with Gasteiger partial charge in [0.1, 0.15) is 0 Å². The van der Waals surface area contributed by atoms with Crippen molar-refractivity contribution in [1.82, 2.24) is 5.32 Å². The molecule has 10 aliphatic carbocycles. The molecule has 10 rings (SSSR count). The molecule has 73 heavy (non-hydrogen) atoms. The lowest BCUT2D eigenvalue weighted by Crippen LogP contribution is -2.66. The molecule has 0 heterocycles. The van der Waals surface area contributed by atoms with E-state index in [0.717, 1.165) is 88.2 Å². The molecule has 0 aromatic rings. The number of Topliss-reactive ketones (excluding diaryl/α,β-unsaturated/α-hetero) is 2. The second-order valence-electron chi connectivity index (χ2n) is 30.0. The van der Waals surface area contributed by atoms with Gasteiger partial charge in [-0.25, -0.2) is 0 Å². The Morgan fingerprint density at radius 2 is 0.932 bits per heavy atom. The van der Waals surface area contributed by atoms with E-state index in [0.29, 0.717) is 24.1 Å². The molecule has 396 valence electrons. The van der Waals surface area contributed by atoms with Crippen LogP contribution in [-0.2, 0) is 38.2 Å². The monoisotopic (exact) mass is 998 g/mol. The number of rotatable bonds is 3. The van der Waals surface area contributed by atoms with Gasteiger partial charge >= 0.3 is 11.9 Å². The van der Waals surface area contributed by atoms with Crippen molar-refractivity contribution in [3.63, 3.8) is 0 Å². The lowest BCUT2D eigenvalue weighted by Gasteiger charge is -2.68. The number of allylic oxidation sites excluding steroid dienone is 8. The van der Waals surface area contributed by atoms with Crippen molar-refractivity contribution in [2.24, 2.45) is 100 Å². The Kier molecular flexibility index (Phi) is 11.3. The van der Waals surface area contributed by atoms with Crippen LogP contribution in [0.3, 0.4) is 0 Å². The summed E-state index contributed by atoms with van der Waals surface area (Å²) in [5.41, 5.74) is -2.92. The molecule has 9 heteroatoms. The molecule has 0 unspecified atom stereocenters. The largest absolute Gasteiger partial charge is 0.469 e. The van der Waals surface area contributed by atoms with Gasteiger partial charge in [0, 0.05) is 39.5 Å². The minimum absolute atomic E-state index is 0.00419. The second-order valence-corrected chi connectivity index (χ2v) is 30.0. The first-order valence-electron chi connectivity index (χ1n) is 28.2. The van der Waals surface area contributed by atoms with Crippen LogP contribution in [0.2, 0.25) is 0 Å². The molecule has 14 atom stereocenters. The van der Waals surface area contributed by atoms with Gasteiger partial charge in [-0.05, 0) is 170 Å². The van der Waals surface area contributed by atoms with Gasteiger partial charge < -0.3 is 14.8 Å². The smallest absolute Gasteiger partial charge is 0.312 e.